The molecule has 1 saturated heterocycles. The molecular weight excluding hydrogens is 423 g/mol. The predicted octanol–water partition coefficient (Wildman–Crippen LogP) is 3.26. The molecule has 0 spiro atoms. The van der Waals surface area contributed by atoms with Gasteiger partial charge in [-0.1, -0.05) is 5.16 Å². The highest BCUT2D eigenvalue weighted by Crippen LogP contribution is 2.28. The lowest BCUT2D eigenvalue weighted by atomic mass is 9.84. The fraction of sp³-hybridized carbons (Fsp3) is 0.500. The topological polar surface area (TPSA) is 87.4 Å². The molecule has 0 aromatic carbocycles. The number of halogens is 1. The van der Waals surface area contributed by atoms with Gasteiger partial charge in [0, 0.05) is 56.9 Å². The third-order valence-electron chi connectivity index (χ3n) is 6.95. The molecule has 0 bridgehead atoms. The van der Waals surface area contributed by atoms with Gasteiger partial charge in [0.25, 0.3) is 5.91 Å². The molecule has 1 N–H and O–H groups in total. The molecule has 2 aliphatic rings. The van der Waals surface area contributed by atoms with Gasteiger partial charge in [-0.25, -0.2) is 4.98 Å². The van der Waals surface area contributed by atoms with E-state index in [2.05, 4.69) is 30.2 Å². The molecule has 174 valence electrons. The van der Waals surface area contributed by atoms with Gasteiger partial charge in [-0.05, 0) is 56.7 Å². The molecule has 1 saturated carbocycles. The fourth-order valence-electron chi connectivity index (χ4n) is 4.92. The Hall–Kier alpha value is -3.07. The minimum Gasteiger partial charge on any atom is -0.354 e. The number of aromatic nitrogens is 3. The Morgan fingerprint density at radius 2 is 1.91 bits per heavy atom. The Balaban J connectivity index is 1.02. The van der Waals surface area contributed by atoms with Crippen LogP contribution in [-0.4, -0.2) is 64.7 Å². The van der Waals surface area contributed by atoms with Crippen molar-refractivity contribution in [3.63, 3.8) is 0 Å². The van der Waals surface area contributed by atoms with E-state index in [0.29, 0.717) is 11.5 Å². The first-order valence-corrected chi connectivity index (χ1v) is 11.7. The summed E-state index contributed by atoms with van der Waals surface area (Å²) < 4.78 is 18.4. The standard InChI is InChI=1S/C24H29FN6O2/c25-22-6-3-18(15-27-22)24(32)28-19-4-1-17(2-5-19)8-10-30-11-13-31(14-12-30)23-20-16-26-9-7-21(20)33-29-23/h3,6-7,9,15-17,19H,1-2,4-5,8,10-14H2,(H,28,32)/t17-,19-. The normalized spacial score (nSPS) is 21.9. The zero-order chi connectivity index (χ0) is 22.6. The van der Waals surface area contributed by atoms with Crippen LogP contribution in [-0.2, 0) is 0 Å². The molecule has 1 aliphatic heterocycles. The van der Waals surface area contributed by atoms with Crippen molar-refractivity contribution in [3.8, 4) is 0 Å². The number of piperazine rings is 1. The summed E-state index contributed by atoms with van der Waals surface area (Å²) >= 11 is 0. The van der Waals surface area contributed by atoms with Gasteiger partial charge in [-0.2, -0.15) is 4.39 Å². The Morgan fingerprint density at radius 3 is 2.67 bits per heavy atom. The molecule has 5 rings (SSSR count). The zero-order valence-corrected chi connectivity index (χ0v) is 18.6. The highest BCUT2D eigenvalue weighted by Gasteiger charge is 2.25. The van der Waals surface area contributed by atoms with Crippen molar-refractivity contribution in [2.45, 2.75) is 38.1 Å². The molecule has 2 fully saturated rings. The lowest BCUT2D eigenvalue weighted by molar-refractivity contribution is 0.0919. The van der Waals surface area contributed by atoms with Crippen molar-refractivity contribution in [1.29, 1.82) is 0 Å². The van der Waals surface area contributed by atoms with E-state index in [1.165, 1.54) is 24.8 Å². The fourth-order valence-corrected chi connectivity index (χ4v) is 4.92. The van der Waals surface area contributed by atoms with E-state index in [9.17, 15) is 9.18 Å². The van der Waals surface area contributed by atoms with Crippen LogP contribution in [0.5, 0.6) is 0 Å². The van der Waals surface area contributed by atoms with E-state index in [1.807, 2.05) is 12.3 Å². The van der Waals surface area contributed by atoms with Gasteiger partial charge in [0.05, 0.1) is 10.9 Å². The summed E-state index contributed by atoms with van der Waals surface area (Å²) in [6.07, 6.45) is 10.3. The van der Waals surface area contributed by atoms with E-state index < -0.39 is 5.95 Å². The van der Waals surface area contributed by atoms with Crippen LogP contribution in [0.1, 0.15) is 42.5 Å². The minimum absolute atomic E-state index is 0.167. The lowest BCUT2D eigenvalue weighted by Crippen LogP contribution is -2.47. The second-order valence-corrected chi connectivity index (χ2v) is 9.06. The van der Waals surface area contributed by atoms with Crippen LogP contribution in [0.4, 0.5) is 10.2 Å². The van der Waals surface area contributed by atoms with Crippen molar-refractivity contribution in [2.24, 2.45) is 5.92 Å². The highest BCUT2D eigenvalue weighted by molar-refractivity contribution is 5.94. The van der Waals surface area contributed by atoms with Gasteiger partial charge in [0.15, 0.2) is 11.4 Å². The number of hydrogen-bond acceptors (Lipinski definition) is 7. The van der Waals surface area contributed by atoms with Crippen LogP contribution in [0, 0.1) is 11.9 Å². The Kier molecular flexibility index (Phi) is 6.48. The van der Waals surface area contributed by atoms with Crippen LogP contribution < -0.4 is 10.2 Å². The van der Waals surface area contributed by atoms with E-state index in [-0.39, 0.29) is 11.9 Å². The Morgan fingerprint density at radius 1 is 1.09 bits per heavy atom. The quantitative estimate of drug-likeness (QED) is 0.575. The maximum Gasteiger partial charge on any atom is 0.253 e. The van der Waals surface area contributed by atoms with E-state index in [0.717, 1.165) is 75.2 Å². The highest BCUT2D eigenvalue weighted by atomic mass is 19.1. The van der Waals surface area contributed by atoms with Crippen LogP contribution in [0.25, 0.3) is 11.0 Å². The summed E-state index contributed by atoms with van der Waals surface area (Å²) in [5.74, 6) is 0.862. The number of hydrogen-bond donors (Lipinski definition) is 1. The minimum atomic E-state index is -0.572. The molecule has 1 amide bonds. The van der Waals surface area contributed by atoms with Crippen LogP contribution >= 0.6 is 0 Å². The average molecular weight is 453 g/mol. The van der Waals surface area contributed by atoms with Gasteiger partial charge in [-0.15, -0.1) is 0 Å². The number of anilines is 1. The molecule has 0 unspecified atom stereocenters. The summed E-state index contributed by atoms with van der Waals surface area (Å²) in [7, 11) is 0. The van der Waals surface area contributed by atoms with Crippen molar-refractivity contribution in [3.05, 3.63) is 48.3 Å². The van der Waals surface area contributed by atoms with Gasteiger partial charge in [0.1, 0.15) is 0 Å². The molecule has 3 aromatic heterocycles. The molecule has 33 heavy (non-hydrogen) atoms. The molecule has 4 heterocycles. The van der Waals surface area contributed by atoms with Gasteiger partial charge >= 0.3 is 0 Å². The first-order valence-electron chi connectivity index (χ1n) is 11.7. The summed E-state index contributed by atoms with van der Waals surface area (Å²) in [6.45, 7) is 5.02. The SMILES string of the molecule is O=C(N[C@H]1CC[C@H](CCN2CCN(c3noc4ccncc34)CC2)CC1)c1ccc(F)nc1. The average Bonchev–Trinajstić information content (AvgIpc) is 3.28. The van der Waals surface area contributed by atoms with E-state index in [4.69, 9.17) is 4.52 Å². The first-order chi connectivity index (χ1) is 16.2. The molecule has 0 radical (unpaired) electrons. The predicted molar refractivity (Wildman–Crippen MR) is 122 cm³/mol. The Bertz CT molecular complexity index is 1070. The van der Waals surface area contributed by atoms with Crippen LogP contribution in [0.15, 0.2) is 41.3 Å². The number of nitrogens with zero attached hydrogens (tertiary/aromatic N) is 5. The molecule has 1 aliphatic carbocycles. The van der Waals surface area contributed by atoms with Crippen LogP contribution in [0.2, 0.25) is 0 Å². The molecule has 3 aromatic rings. The van der Waals surface area contributed by atoms with Crippen molar-refractivity contribution in [2.75, 3.05) is 37.6 Å². The monoisotopic (exact) mass is 452 g/mol. The largest absolute Gasteiger partial charge is 0.354 e. The van der Waals surface area contributed by atoms with Gasteiger partial charge in [0.2, 0.25) is 5.95 Å². The maximum absolute atomic E-state index is 12.9. The zero-order valence-electron chi connectivity index (χ0n) is 18.6. The summed E-state index contributed by atoms with van der Waals surface area (Å²) in [5.41, 5.74) is 1.19. The number of amides is 1. The van der Waals surface area contributed by atoms with E-state index >= 15 is 0 Å². The number of pyridine rings is 2. The van der Waals surface area contributed by atoms with Crippen LogP contribution in [0.3, 0.4) is 0 Å². The number of carbonyl (C=O) groups excluding carboxylic acids is 1. The first kappa shape index (κ1) is 21.8. The van der Waals surface area contributed by atoms with E-state index in [1.54, 1.807) is 6.20 Å². The molecule has 9 heteroatoms. The van der Waals surface area contributed by atoms with Crippen molar-refractivity contribution < 1.29 is 13.7 Å². The molecule has 0 atom stereocenters. The van der Waals surface area contributed by atoms with Crippen molar-refractivity contribution >= 4 is 22.7 Å². The summed E-state index contributed by atoms with van der Waals surface area (Å²) in [6, 6.07) is 4.73. The van der Waals surface area contributed by atoms with Gasteiger partial charge in [-0.3, -0.25) is 14.7 Å². The second kappa shape index (κ2) is 9.82. The molecular formula is C24H29FN6O2. The third kappa shape index (κ3) is 5.13. The smallest absolute Gasteiger partial charge is 0.253 e. The maximum atomic E-state index is 12.9. The van der Waals surface area contributed by atoms with Crippen molar-refractivity contribution in [1.82, 2.24) is 25.3 Å². The van der Waals surface area contributed by atoms with Gasteiger partial charge < -0.3 is 14.7 Å². The number of nitrogens with one attached hydrogen (secondary N) is 1. The number of rotatable bonds is 6. The third-order valence-corrected chi connectivity index (χ3v) is 6.95. The molecule has 8 nitrogen and oxygen atoms in total. The summed E-state index contributed by atoms with van der Waals surface area (Å²) in [4.78, 5) is 24.9. The Labute approximate surface area is 192 Å². The number of fused-ring (bicyclic) bond motifs is 1. The lowest BCUT2D eigenvalue weighted by Gasteiger charge is -2.36. The second-order valence-electron chi connectivity index (χ2n) is 9.06. The number of carbonyl (C=O) groups is 1. The summed E-state index contributed by atoms with van der Waals surface area (Å²) in [5, 5.41) is 8.31.